The molecular weight excluding hydrogens is 202 g/mol. The summed E-state index contributed by atoms with van der Waals surface area (Å²) in [4.78, 5) is 13.0. The van der Waals surface area contributed by atoms with Gasteiger partial charge in [0.1, 0.15) is 0 Å². The predicted molar refractivity (Wildman–Crippen MR) is 66.0 cm³/mol. The minimum absolute atomic E-state index is 0.161. The number of amides is 1. The molecule has 0 aliphatic carbocycles. The number of nitrogens with two attached hydrogens (primary N) is 2. The first-order valence-electron chi connectivity index (χ1n) is 5.34. The quantitative estimate of drug-likeness (QED) is 0.769. The van der Waals surface area contributed by atoms with Gasteiger partial charge in [-0.3, -0.25) is 4.79 Å². The predicted octanol–water partition coefficient (Wildman–Crippen LogP) is 0.703. The maximum atomic E-state index is 11.0. The normalized spacial score (nSPS) is 12.2. The Labute approximate surface area is 96.2 Å². The number of carbonyl (C=O) groups is 1. The first kappa shape index (κ1) is 12.5. The van der Waals surface area contributed by atoms with Crippen molar-refractivity contribution in [2.45, 2.75) is 13.5 Å². The fourth-order valence-electron chi connectivity index (χ4n) is 1.53. The van der Waals surface area contributed by atoms with Gasteiger partial charge in [0.05, 0.1) is 5.92 Å². The van der Waals surface area contributed by atoms with E-state index in [-0.39, 0.29) is 11.8 Å². The molecule has 0 saturated heterocycles. The van der Waals surface area contributed by atoms with Crippen LogP contribution in [0.2, 0.25) is 0 Å². The van der Waals surface area contributed by atoms with Crippen molar-refractivity contribution in [3.63, 3.8) is 0 Å². The standard InChI is InChI=1S/C12H19N3O/c1-9(12(14)16)8-15(2)11-5-3-4-10(6-11)7-13/h3-6,9H,7-8,13H2,1-2H3,(H2,14,16). The first-order chi connectivity index (χ1) is 7.54. The number of anilines is 1. The fraction of sp³-hybridized carbons (Fsp3) is 0.417. The van der Waals surface area contributed by atoms with Crippen LogP contribution in [0.3, 0.4) is 0 Å². The lowest BCUT2D eigenvalue weighted by atomic mass is 10.1. The fourth-order valence-corrected chi connectivity index (χ4v) is 1.53. The van der Waals surface area contributed by atoms with Crippen LogP contribution in [0.1, 0.15) is 12.5 Å². The van der Waals surface area contributed by atoms with E-state index in [9.17, 15) is 4.79 Å². The smallest absolute Gasteiger partial charge is 0.222 e. The summed E-state index contributed by atoms with van der Waals surface area (Å²) in [6.45, 7) is 2.96. The van der Waals surface area contributed by atoms with Crippen LogP contribution in [0.4, 0.5) is 5.69 Å². The Morgan fingerprint density at radius 1 is 1.50 bits per heavy atom. The lowest BCUT2D eigenvalue weighted by molar-refractivity contribution is -0.121. The first-order valence-corrected chi connectivity index (χ1v) is 5.34. The van der Waals surface area contributed by atoms with E-state index in [2.05, 4.69) is 0 Å². The maximum absolute atomic E-state index is 11.0. The molecule has 0 spiro atoms. The second-order valence-electron chi connectivity index (χ2n) is 4.06. The maximum Gasteiger partial charge on any atom is 0.222 e. The summed E-state index contributed by atoms with van der Waals surface area (Å²) in [7, 11) is 1.94. The summed E-state index contributed by atoms with van der Waals surface area (Å²) >= 11 is 0. The minimum Gasteiger partial charge on any atom is -0.374 e. The van der Waals surface area contributed by atoms with Crippen LogP contribution in [0, 0.1) is 5.92 Å². The summed E-state index contributed by atoms with van der Waals surface area (Å²) in [5.41, 5.74) is 12.9. The summed E-state index contributed by atoms with van der Waals surface area (Å²) in [5.74, 6) is -0.437. The third-order valence-electron chi connectivity index (χ3n) is 2.62. The highest BCUT2D eigenvalue weighted by Crippen LogP contribution is 2.15. The van der Waals surface area contributed by atoms with E-state index in [4.69, 9.17) is 11.5 Å². The molecule has 4 heteroatoms. The van der Waals surface area contributed by atoms with Gasteiger partial charge in [-0.05, 0) is 17.7 Å². The number of hydrogen-bond donors (Lipinski definition) is 2. The largest absolute Gasteiger partial charge is 0.374 e. The molecule has 1 rings (SSSR count). The molecule has 0 saturated carbocycles. The average molecular weight is 221 g/mol. The molecule has 4 nitrogen and oxygen atoms in total. The average Bonchev–Trinajstić information content (AvgIpc) is 2.28. The Bertz CT molecular complexity index is 365. The Morgan fingerprint density at radius 3 is 2.75 bits per heavy atom. The molecule has 1 unspecified atom stereocenters. The zero-order chi connectivity index (χ0) is 12.1. The van der Waals surface area contributed by atoms with E-state index in [1.165, 1.54) is 0 Å². The molecule has 0 fully saturated rings. The number of benzene rings is 1. The van der Waals surface area contributed by atoms with Gasteiger partial charge in [-0.25, -0.2) is 0 Å². The topological polar surface area (TPSA) is 72.3 Å². The zero-order valence-electron chi connectivity index (χ0n) is 9.81. The number of nitrogens with zero attached hydrogens (tertiary/aromatic N) is 1. The number of primary amides is 1. The van der Waals surface area contributed by atoms with Gasteiger partial charge >= 0.3 is 0 Å². The highest BCUT2D eigenvalue weighted by atomic mass is 16.1. The second-order valence-corrected chi connectivity index (χ2v) is 4.06. The number of rotatable bonds is 5. The van der Waals surface area contributed by atoms with Crippen molar-refractivity contribution in [2.24, 2.45) is 17.4 Å². The molecule has 0 bridgehead atoms. The van der Waals surface area contributed by atoms with Crippen molar-refractivity contribution in [3.8, 4) is 0 Å². The summed E-state index contributed by atoms with van der Waals surface area (Å²) in [5, 5.41) is 0. The van der Waals surface area contributed by atoms with Crippen molar-refractivity contribution < 1.29 is 4.79 Å². The van der Waals surface area contributed by atoms with E-state index in [1.807, 2.05) is 43.1 Å². The number of carbonyl (C=O) groups excluding carboxylic acids is 1. The van der Waals surface area contributed by atoms with Crippen molar-refractivity contribution in [1.82, 2.24) is 0 Å². The lowest BCUT2D eigenvalue weighted by Crippen LogP contribution is -2.32. The van der Waals surface area contributed by atoms with Crippen LogP contribution in [0.15, 0.2) is 24.3 Å². The van der Waals surface area contributed by atoms with Gasteiger partial charge < -0.3 is 16.4 Å². The van der Waals surface area contributed by atoms with Crippen LogP contribution in [-0.2, 0) is 11.3 Å². The summed E-state index contributed by atoms with van der Waals surface area (Å²) in [6, 6.07) is 7.96. The van der Waals surface area contributed by atoms with Crippen LogP contribution in [-0.4, -0.2) is 19.5 Å². The van der Waals surface area contributed by atoms with Crippen LogP contribution >= 0.6 is 0 Å². The highest BCUT2D eigenvalue weighted by Gasteiger charge is 2.12. The molecule has 1 atom stereocenters. The summed E-state index contributed by atoms with van der Waals surface area (Å²) in [6.07, 6.45) is 0. The SMILES string of the molecule is CC(CN(C)c1cccc(CN)c1)C(N)=O. The van der Waals surface area contributed by atoms with E-state index in [0.29, 0.717) is 13.1 Å². The van der Waals surface area contributed by atoms with Crippen molar-refractivity contribution in [2.75, 3.05) is 18.5 Å². The molecule has 0 radical (unpaired) electrons. The molecule has 16 heavy (non-hydrogen) atoms. The second kappa shape index (κ2) is 5.51. The van der Waals surface area contributed by atoms with Crippen molar-refractivity contribution >= 4 is 11.6 Å². The van der Waals surface area contributed by atoms with E-state index in [0.717, 1.165) is 11.3 Å². The molecular formula is C12H19N3O. The van der Waals surface area contributed by atoms with Gasteiger partial charge in [-0.15, -0.1) is 0 Å². The molecule has 1 aromatic carbocycles. The van der Waals surface area contributed by atoms with Gasteiger partial charge in [-0.1, -0.05) is 19.1 Å². The van der Waals surface area contributed by atoms with Crippen molar-refractivity contribution in [3.05, 3.63) is 29.8 Å². The Balaban J connectivity index is 2.72. The Morgan fingerprint density at radius 2 is 2.19 bits per heavy atom. The number of hydrogen-bond acceptors (Lipinski definition) is 3. The monoisotopic (exact) mass is 221 g/mol. The lowest BCUT2D eigenvalue weighted by Gasteiger charge is -2.22. The van der Waals surface area contributed by atoms with Gasteiger partial charge in [0, 0.05) is 25.8 Å². The molecule has 1 aromatic rings. The Kier molecular flexibility index (Phi) is 4.31. The summed E-state index contributed by atoms with van der Waals surface area (Å²) < 4.78 is 0. The van der Waals surface area contributed by atoms with Gasteiger partial charge in [0.15, 0.2) is 0 Å². The van der Waals surface area contributed by atoms with E-state index < -0.39 is 0 Å². The van der Waals surface area contributed by atoms with E-state index in [1.54, 1.807) is 0 Å². The molecule has 88 valence electrons. The van der Waals surface area contributed by atoms with E-state index >= 15 is 0 Å². The van der Waals surface area contributed by atoms with Crippen molar-refractivity contribution in [1.29, 1.82) is 0 Å². The molecule has 0 aliphatic rings. The molecule has 1 amide bonds. The van der Waals surface area contributed by atoms with Crippen LogP contribution < -0.4 is 16.4 Å². The van der Waals surface area contributed by atoms with Crippen LogP contribution in [0.25, 0.3) is 0 Å². The van der Waals surface area contributed by atoms with Gasteiger partial charge in [0.2, 0.25) is 5.91 Å². The minimum atomic E-state index is -0.276. The Hall–Kier alpha value is -1.55. The van der Waals surface area contributed by atoms with Crippen LogP contribution in [0.5, 0.6) is 0 Å². The molecule has 0 heterocycles. The molecule has 0 aromatic heterocycles. The molecule has 0 aliphatic heterocycles. The van der Waals surface area contributed by atoms with Gasteiger partial charge in [-0.2, -0.15) is 0 Å². The molecule has 4 N–H and O–H groups in total. The third kappa shape index (κ3) is 3.24. The zero-order valence-corrected chi connectivity index (χ0v) is 9.81. The van der Waals surface area contributed by atoms with Gasteiger partial charge in [0.25, 0.3) is 0 Å². The third-order valence-corrected chi connectivity index (χ3v) is 2.62. The highest BCUT2D eigenvalue weighted by molar-refractivity contribution is 5.77.